The molecule has 0 saturated carbocycles. The van der Waals surface area contributed by atoms with Crippen LogP contribution in [0.4, 0.5) is 0 Å². The summed E-state index contributed by atoms with van der Waals surface area (Å²) < 4.78 is 6.23. The van der Waals surface area contributed by atoms with E-state index in [-0.39, 0.29) is 17.9 Å². The van der Waals surface area contributed by atoms with E-state index >= 15 is 0 Å². The molecule has 4 nitrogen and oxygen atoms in total. The van der Waals surface area contributed by atoms with Crippen molar-refractivity contribution in [3.63, 3.8) is 0 Å². The highest BCUT2D eigenvalue weighted by Crippen LogP contribution is 2.27. The Morgan fingerprint density at radius 3 is 2.68 bits per heavy atom. The van der Waals surface area contributed by atoms with Gasteiger partial charge in [-0.3, -0.25) is 0 Å². The molecule has 0 amide bonds. The van der Waals surface area contributed by atoms with Gasteiger partial charge in [-0.05, 0) is 51.8 Å². The normalized spacial score (nSPS) is 10.2. The average Bonchev–Trinajstić information content (AvgIpc) is 2.37. The maximum atomic E-state index is 10.9. The molecule has 2 aromatic rings. The van der Waals surface area contributed by atoms with Crippen LogP contribution in [0.25, 0.3) is 0 Å². The minimum atomic E-state index is -1.00. The summed E-state index contributed by atoms with van der Waals surface area (Å²) in [6.07, 6.45) is 0. The van der Waals surface area contributed by atoms with Crippen molar-refractivity contribution in [2.24, 2.45) is 0 Å². The van der Waals surface area contributed by atoms with Crippen molar-refractivity contribution in [1.29, 1.82) is 0 Å². The first-order valence-electron chi connectivity index (χ1n) is 5.50. The summed E-state index contributed by atoms with van der Waals surface area (Å²) >= 11 is 3.30. The van der Waals surface area contributed by atoms with Crippen LogP contribution in [0.5, 0.6) is 11.5 Å². The van der Waals surface area contributed by atoms with Crippen LogP contribution in [0.15, 0.2) is 46.9 Å². The second-order valence-electron chi connectivity index (χ2n) is 3.91. The van der Waals surface area contributed by atoms with E-state index in [0.29, 0.717) is 10.2 Å². The van der Waals surface area contributed by atoms with E-state index in [0.717, 1.165) is 5.56 Å². The number of carbonyl (C=O) groups is 1. The first-order chi connectivity index (χ1) is 9.06. The zero-order valence-electron chi connectivity index (χ0n) is 9.84. The quantitative estimate of drug-likeness (QED) is 0.905. The number of rotatable bonds is 4. The molecule has 2 N–H and O–H groups in total. The standard InChI is InChI=1S/C14H11BrO4/c15-12-5-4-10(14(17)18)7-13(12)19-8-9-2-1-3-11(16)6-9/h1-7,16H,8H2,(H,17,18). The van der Waals surface area contributed by atoms with Crippen LogP contribution < -0.4 is 4.74 Å². The number of benzene rings is 2. The summed E-state index contributed by atoms with van der Waals surface area (Å²) in [6, 6.07) is 11.3. The van der Waals surface area contributed by atoms with Gasteiger partial charge < -0.3 is 14.9 Å². The van der Waals surface area contributed by atoms with E-state index < -0.39 is 5.97 Å². The molecule has 0 atom stereocenters. The van der Waals surface area contributed by atoms with Crippen LogP contribution >= 0.6 is 15.9 Å². The topological polar surface area (TPSA) is 66.8 Å². The fourth-order valence-electron chi connectivity index (χ4n) is 1.55. The molecule has 2 aromatic carbocycles. The number of phenols is 1. The zero-order valence-corrected chi connectivity index (χ0v) is 11.4. The van der Waals surface area contributed by atoms with Gasteiger partial charge in [0.15, 0.2) is 0 Å². The smallest absolute Gasteiger partial charge is 0.335 e. The predicted molar refractivity (Wildman–Crippen MR) is 73.5 cm³/mol. The maximum absolute atomic E-state index is 10.9. The van der Waals surface area contributed by atoms with Crippen molar-refractivity contribution in [2.45, 2.75) is 6.61 Å². The molecule has 0 unspecified atom stereocenters. The Labute approximate surface area is 118 Å². The van der Waals surface area contributed by atoms with E-state index in [1.54, 1.807) is 24.3 Å². The Balaban J connectivity index is 2.15. The molecule has 0 radical (unpaired) electrons. The van der Waals surface area contributed by atoms with E-state index in [1.807, 2.05) is 6.07 Å². The minimum absolute atomic E-state index is 0.161. The first-order valence-corrected chi connectivity index (χ1v) is 6.29. The van der Waals surface area contributed by atoms with Gasteiger partial charge in [-0.2, -0.15) is 0 Å². The molecule has 0 heterocycles. The fraction of sp³-hybridized carbons (Fsp3) is 0.0714. The van der Waals surface area contributed by atoms with Crippen LogP contribution in [0, 0.1) is 0 Å². The third kappa shape index (κ3) is 3.48. The van der Waals surface area contributed by atoms with Crippen molar-refractivity contribution in [3.05, 3.63) is 58.1 Å². The van der Waals surface area contributed by atoms with Crippen LogP contribution in [0.3, 0.4) is 0 Å². The summed E-state index contributed by atoms with van der Waals surface area (Å²) in [5.41, 5.74) is 0.960. The highest BCUT2D eigenvalue weighted by Gasteiger charge is 2.08. The van der Waals surface area contributed by atoms with Gasteiger partial charge in [0.25, 0.3) is 0 Å². The average molecular weight is 323 g/mol. The van der Waals surface area contributed by atoms with Gasteiger partial charge in [-0.25, -0.2) is 4.79 Å². The third-order valence-electron chi connectivity index (χ3n) is 2.48. The van der Waals surface area contributed by atoms with Gasteiger partial charge in [0, 0.05) is 0 Å². The van der Waals surface area contributed by atoms with E-state index in [2.05, 4.69) is 15.9 Å². The molecule has 2 rings (SSSR count). The maximum Gasteiger partial charge on any atom is 0.335 e. The number of halogens is 1. The summed E-state index contributed by atoms with van der Waals surface area (Å²) in [5.74, 6) is -0.391. The van der Waals surface area contributed by atoms with Gasteiger partial charge in [0.1, 0.15) is 18.1 Å². The zero-order chi connectivity index (χ0) is 13.8. The van der Waals surface area contributed by atoms with Gasteiger partial charge in [0.05, 0.1) is 10.0 Å². The van der Waals surface area contributed by atoms with Crippen LogP contribution in [0.1, 0.15) is 15.9 Å². The first kappa shape index (κ1) is 13.4. The summed E-state index contributed by atoms with van der Waals surface area (Å²) in [5, 5.41) is 18.3. The number of phenolic OH excluding ortho intramolecular Hbond substituents is 1. The van der Waals surface area contributed by atoms with Crippen molar-refractivity contribution in [1.82, 2.24) is 0 Å². The fourth-order valence-corrected chi connectivity index (χ4v) is 1.92. The van der Waals surface area contributed by atoms with E-state index in [9.17, 15) is 9.90 Å². The molecule has 19 heavy (non-hydrogen) atoms. The van der Waals surface area contributed by atoms with Crippen molar-refractivity contribution in [2.75, 3.05) is 0 Å². The highest BCUT2D eigenvalue weighted by atomic mass is 79.9. The van der Waals surface area contributed by atoms with Crippen LogP contribution in [-0.4, -0.2) is 16.2 Å². The van der Waals surface area contributed by atoms with Crippen molar-refractivity contribution < 1.29 is 19.7 Å². The molecule has 0 aromatic heterocycles. The molecule has 0 aliphatic heterocycles. The lowest BCUT2D eigenvalue weighted by Gasteiger charge is -2.09. The van der Waals surface area contributed by atoms with E-state index in [1.165, 1.54) is 12.1 Å². The number of hydrogen-bond acceptors (Lipinski definition) is 3. The van der Waals surface area contributed by atoms with Crippen molar-refractivity contribution in [3.8, 4) is 11.5 Å². The summed E-state index contributed by atoms with van der Waals surface area (Å²) in [4.78, 5) is 10.9. The van der Waals surface area contributed by atoms with E-state index in [4.69, 9.17) is 9.84 Å². The number of ether oxygens (including phenoxy) is 1. The summed E-state index contributed by atoms with van der Waals surface area (Å²) in [7, 11) is 0. The predicted octanol–water partition coefficient (Wildman–Crippen LogP) is 3.43. The second kappa shape index (κ2) is 5.75. The van der Waals surface area contributed by atoms with Gasteiger partial charge in [-0.1, -0.05) is 12.1 Å². The molecule has 0 bridgehead atoms. The SMILES string of the molecule is O=C(O)c1ccc(Br)c(OCc2cccc(O)c2)c1. The monoisotopic (exact) mass is 322 g/mol. The highest BCUT2D eigenvalue weighted by molar-refractivity contribution is 9.10. The van der Waals surface area contributed by atoms with Gasteiger partial charge >= 0.3 is 5.97 Å². The summed E-state index contributed by atoms with van der Waals surface area (Å²) in [6.45, 7) is 0.246. The lowest BCUT2D eigenvalue weighted by Crippen LogP contribution is -2.00. The minimum Gasteiger partial charge on any atom is -0.508 e. The molecular weight excluding hydrogens is 312 g/mol. The largest absolute Gasteiger partial charge is 0.508 e. The molecule has 0 fully saturated rings. The molecular formula is C14H11BrO4. The molecule has 98 valence electrons. The lowest BCUT2D eigenvalue weighted by molar-refractivity contribution is 0.0696. The Morgan fingerprint density at radius 1 is 1.21 bits per heavy atom. The number of aromatic carboxylic acids is 1. The van der Waals surface area contributed by atoms with Crippen molar-refractivity contribution >= 4 is 21.9 Å². The molecule has 5 heteroatoms. The molecule has 0 aliphatic rings. The Hall–Kier alpha value is -2.01. The van der Waals surface area contributed by atoms with Gasteiger partial charge in [0.2, 0.25) is 0 Å². The molecule has 0 saturated heterocycles. The Kier molecular flexibility index (Phi) is 4.06. The van der Waals surface area contributed by atoms with Crippen LogP contribution in [0.2, 0.25) is 0 Å². The van der Waals surface area contributed by atoms with Crippen LogP contribution in [-0.2, 0) is 6.61 Å². The number of hydrogen-bond donors (Lipinski definition) is 2. The van der Waals surface area contributed by atoms with Gasteiger partial charge in [-0.15, -0.1) is 0 Å². The number of aromatic hydroxyl groups is 1. The Bertz CT molecular complexity index is 610. The lowest BCUT2D eigenvalue weighted by atomic mass is 10.2. The molecule has 0 spiro atoms. The number of carboxylic acids is 1. The third-order valence-corrected chi connectivity index (χ3v) is 3.14. The Morgan fingerprint density at radius 2 is 2.00 bits per heavy atom. The second-order valence-corrected chi connectivity index (χ2v) is 4.76. The molecule has 0 aliphatic carbocycles. The number of carboxylic acid groups (broad SMARTS) is 1.